The van der Waals surface area contributed by atoms with Crippen LogP contribution < -0.4 is 16.0 Å². The van der Waals surface area contributed by atoms with Crippen LogP contribution in [-0.4, -0.2) is 60.6 Å². The second-order valence-corrected chi connectivity index (χ2v) is 10.6. The number of rotatable bonds is 12. The van der Waals surface area contributed by atoms with Gasteiger partial charge >= 0.3 is 0 Å². The van der Waals surface area contributed by atoms with E-state index in [1.807, 2.05) is 12.3 Å². The summed E-state index contributed by atoms with van der Waals surface area (Å²) in [4.78, 5) is 20.5. The Morgan fingerprint density at radius 1 is 1.22 bits per heavy atom. The van der Waals surface area contributed by atoms with Gasteiger partial charge in [-0.25, -0.2) is 0 Å². The van der Waals surface area contributed by atoms with Crippen LogP contribution in [0, 0.1) is 11.8 Å². The first kappa shape index (κ1) is 25.1. The van der Waals surface area contributed by atoms with Crippen molar-refractivity contribution in [1.82, 2.24) is 25.8 Å². The van der Waals surface area contributed by atoms with Gasteiger partial charge in [0.05, 0.1) is 17.8 Å². The van der Waals surface area contributed by atoms with Crippen molar-refractivity contribution in [2.24, 2.45) is 11.8 Å². The molecule has 1 aliphatic carbocycles. The van der Waals surface area contributed by atoms with E-state index in [9.17, 15) is 4.79 Å². The highest BCUT2D eigenvalue weighted by Gasteiger charge is 2.29. The monoisotopic (exact) mass is 443 g/mol. The van der Waals surface area contributed by atoms with Crippen LogP contribution in [0.25, 0.3) is 0 Å². The highest BCUT2D eigenvalue weighted by molar-refractivity contribution is 5.82. The molecule has 0 saturated carbocycles. The number of hydrogen-bond donors (Lipinski definition) is 3. The summed E-state index contributed by atoms with van der Waals surface area (Å²) in [6.45, 7) is 14.3. The lowest BCUT2D eigenvalue weighted by molar-refractivity contribution is -0.124. The number of carbonyl (C=O) groups is 1. The van der Waals surface area contributed by atoms with Crippen LogP contribution in [0.15, 0.2) is 18.3 Å². The van der Waals surface area contributed by atoms with Gasteiger partial charge in [0.1, 0.15) is 0 Å². The van der Waals surface area contributed by atoms with Crippen LogP contribution in [0.3, 0.4) is 0 Å². The second-order valence-electron chi connectivity index (χ2n) is 10.6. The molecule has 3 unspecified atom stereocenters. The number of nitrogens with zero attached hydrogens (tertiary/aromatic N) is 2. The minimum absolute atomic E-state index is 0.154. The van der Waals surface area contributed by atoms with Gasteiger partial charge in [0.25, 0.3) is 0 Å². The van der Waals surface area contributed by atoms with E-state index in [2.05, 4.69) is 59.6 Å². The standard InChI is InChI=1S/C26H45N5O/c1-19(2)17-31(18-20(3)4)15-7-11-24(26(32)29-22-12-14-27-16-22)30-23-10-5-8-21-9-6-13-28-25(21)23/h6,9,13,19-20,22-24,27,30H,5,7-8,10-12,14-18H2,1-4H3,(H,29,32). The summed E-state index contributed by atoms with van der Waals surface area (Å²) in [6, 6.07) is 4.46. The average molecular weight is 444 g/mol. The summed E-state index contributed by atoms with van der Waals surface area (Å²) < 4.78 is 0. The third-order valence-electron chi connectivity index (χ3n) is 6.53. The Labute approximate surface area is 195 Å². The molecule has 2 aliphatic rings. The molecule has 1 amide bonds. The van der Waals surface area contributed by atoms with Gasteiger partial charge in [0.15, 0.2) is 0 Å². The molecule has 1 aromatic heterocycles. The van der Waals surface area contributed by atoms with Crippen molar-refractivity contribution in [3.63, 3.8) is 0 Å². The van der Waals surface area contributed by atoms with Crippen molar-refractivity contribution in [1.29, 1.82) is 0 Å². The van der Waals surface area contributed by atoms with Crippen LogP contribution in [-0.2, 0) is 11.2 Å². The molecule has 1 aromatic rings. The first-order chi connectivity index (χ1) is 15.4. The van der Waals surface area contributed by atoms with Crippen LogP contribution in [0.5, 0.6) is 0 Å². The molecule has 0 bridgehead atoms. The summed E-state index contributed by atoms with van der Waals surface area (Å²) >= 11 is 0. The minimum atomic E-state index is -0.173. The number of nitrogens with one attached hydrogen (secondary N) is 3. The maximum absolute atomic E-state index is 13.3. The maximum atomic E-state index is 13.3. The van der Waals surface area contributed by atoms with Crippen LogP contribution in [0.4, 0.5) is 0 Å². The summed E-state index contributed by atoms with van der Waals surface area (Å²) in [5.41, 5.74) is 2.47. The van der Waals surface area contributed by atoms with E-state index >= 15 is 0 Å². The topological polar surface area (TPSA) is 69.3 Å². The third-order valence-corrected chi connectivity index (χ3v) is 6.53. The molecule has 1 fully saturated rings. The van der Waals surface area contributed by atoms with Gasteiger partial charge < -0.3 is 15.5 Å². The van der Waals surface area contributed by atoms with Crippen LogP contribution >= 0.6 is 0 Å². The Kier molecular flexibility index (Phi) is 9.94. The number of pyridine rings is 1. The molecule has 3 rings (SSSR count). The molecule has 32 heavy (non-hydrogen) atoms. The minimum Gasteiger partial charge on any atom is -0.351 e. The molecule has 6 nitrogen and oxygen atoms in total. The quantitative estimate of drug-likeness (QED) is 0.462. The van der Waals surface area contributed by atoms with Crippen molar-refractivity contribution in [2.75, 3.05) is 32.7 Å². The van der Waals surface area contributed by atoms with E-state index in [1.54, 1.807) is 0 Å². The number of hydrogen-bond acceptors (Lipinski definition) is 5. The molecule has 0 spiro atoms. The van der Waals surface area contributed by atoms with E-state index in [4.69, 9.17) is 0 Å². The summed E-state index contributed by atoms with van der Waals surface area (Å²) in [6.07, 6.45) is 8.06. The summed E-state index contributed by atoms with van der Waals surface area (Å²) in [5.74, 6) is 1.47. The molecular weight excluding hydrogens is 398 g/mol. The fourth-order valence-electron chi connectivity index (χ4n) is 5.19. The predicted molar refractivity (Wildman–Crippen MR) is 132 cm³/mol. The molecule has 3 N–H and O–H groups in total. The molecular formula is C26H45N5O. The van der Waals surface area contributed by atoms with Gasteiger partial charge in [0, 0.05) is 31.9 Å². The van der Waals surface area contributed by atoms with Gasteiger partial charge in [-0.1, -0.05) is 33.8 Å². The number of carbonyl (C=O) groups excluding carboxylic acids is 1. The normalized spacial score (nSPS) is 21.8. The first-order valence-electron chi connectivity index (χ1n) is 12.9. The van der Waals surface area contributed by atoms with Crippen molar-refractivity contribution < 1.29 is 4.79 Å². The fraction of sp³-hybridized carbons (Fsp3) is 0.769. The van der Waals surface area contributed by atoms with Crippen molar-refractivity contribution >= 4 is 5.91 Å². The van der Waals surface area contributed by atoms with E-state index in [-0.39, 0.29) is 24.0 Å². The van der Waals surface area contributed by atoms with E-state index in [0.29, 0.717) is 11.8 Å². The average Bonchev–Trinajstić information content (AvgIpc) is 3.25. The predicted octanol–water partition coefficient (Wildman–Crippen LogP) is 3.29. The van der Waals surface area contributed by atoms with E-state index in [1.165, 1.54) is 5.56 Å². The SMILES string of the molecule is CC(C)CN(CCCC(NC1CCCc2cccnc21)C(=O)NC1CCNC1)CC(C)C. The number of fused-ring (bicyclic) bond motifs is 1. The highest BCUT2D eigenvalue weighted by atomic mass is 16.2. The Hall–Kier alpha value is -1.50. The molecule has 0 radical (unpaired) electrons. The van der Waals surface area contributed by atoms with Gasteiger partial charge in [-0.3, -0.25) is 15.1 Å². The van der Waals surface area contributed by atoms with Gasteiger partial charge in [0.2, 0.25) is 5.91 Å². The lowest BCUT2D eigenvalue weighted by atomic mass is 9.91. The first-order valence-corrected chi connectivity index (χ1v) is 12.9. The van der Waals surface area contributed by atoms with Crippen LogP contribution in [0.1, 0.15) is 77.1 Å². The molecule has 0 aromatic carbocycles. The molecule has 1 aliphatic heterocycles. The van der Waals surface area contributed by atoms with Crippen molar-refractivity contribution in [2.45, 2.75) is 84.3 Å². The van der Waals surface area contributed by atoms with Crippen LogP contribution in [0.2, 0.25) is 0 Å². The second kappa shape index (κ2) is 12.7. The zero-order valence-electron chi connectivity index (χ0n) is 20.7. The third kappa shape index (κ3) is 7.82. The summed E-state index contributed by atoms with van der Waals surface area (Å²) in [7, 11) is 0. The zero-order chi connectivity index (χ0) is 22.9. The van der Waals surface area contributed by atoms with E-state index in [0.717, 1.165) is 76.9 Å². The van der Waals surface area contributed by atoms with Gasteiger partial charge in [-0.2, -0.15) is 0 Å². The molecule has 6 heteroatoms. The largest absolute Gasteiger partial charge is 0.351 e. The van der Waals surface area contributed by atoms with Gasteiger partial charge in [-0.15, -0.1) is 0 Å². The Morgan fingerprint density at radius 2 is 2.00 bits per heavy atom. The molecule has 2 heterocycles. The van der Waals surface area contributed by atoms with Gasteiger partial charge in [-0.05, 0) is 75.1 Å². The lowest BCUT2D eigenvalue weighted by Crippen LogP contribution is -2.50. The number of aryl methyl sites for hydroxylation is 1. The highest BCUT2D eigenvalue weighted by Crippen LogP contribution is 2.28. The van der Waals surface area contributed by atoms with Crippen molar-refractivity contribution in [3.8, 4) is 0 Å². The number of aromatic nitrogens is 1. The summed E-state index contributed by atoms with van der Waals surface area (Å²) in [5, 5.41) is 10.4. The molecule has 3 atom stereocenters. The number of amides is 1. The molecule has 1 saturated heterocycles. The smallest absolute Gasteiger partial charge is 0.237 e. The zero-order valence-corrected chi connectivity index (χ0v) is 20.7. The van der Waals surface area contributed by atoms with E-state index < -0.39 is 0 Å². The maximum Gasteiger partial charge on any atom is 0.237 e. The molecule has 180 valence electrons. The fourth-order valence-corrected chi connectivity index (χ4v) is 5.19. The Bertz CT molecular complexity index is 691. The Morgan fingerprint density at radius 3 is 2.69 bits per heavy atom. The Balaban J connectivity index is 1.63. The lowest BCUT2D eigenvalue weighted by Gasteiger charge is -2.31. The van der Waals surface area contributed by atoms with Crippen molar-refractivity contribution in [3.05, 3.63) is 29.6 Å².